The van der Waals surface area contributed by atoms with Gasteiger partial charge in [0, 0.05) is 29.0 Å². The summed E-state index contributed by atoms with van der Waals surface area (Å²) in [6.45, 7) is 2.09. The average molecular weight is 293 g/mol. The lowest BCUT2D eigenvalue weighted by atomic mass is 9.95. The van der Waals surface area contributed by atoms with Crippen molar-refractivity contribution in [1.29, 1.82) is 0 Å². The Balaban J connectivity index is 2.34. The van der Waals surface area contributed by atoms with Crippen molar-refractivity contribution in [2.75, 3.05) is 7.05 Å². The van der Waals surface area contributed by atoms with Crippen LogP contribution in [0.2, 0.25) is 5.02 Å². The second-order valence-electron chi connectivity index (χ2n) is 4.67. The maximum absolute atomic E-state index is 13.9. The van der Waals surface area contributed by atoms with Crippen LogP contribution in [0, 0.1) is 5.82 Å². The molecule has 0 amide bonds. The standard InChI is InChI=1S/C16H18ClFN2/c1-3-11-10-20-8-7-12(11)16(19-2)9-13-14(17)5-4-6-15(13)18/h4-8,10,16,19H,3,9H2,1-2H3. The lowest BCUT2D eigenvalue weighted by molar-refractivity contribution is 0.551. The van der Waals surface area contributed by atoms with Gasteiger partial charge in [0.15, 0.2) is 0 Å². The van der Waals surface area contributed by atoms with Gasteiger partial charge in [0.2, 0.25) is 0 Å². The first kappa shape index (κ1) is 14.9. The second-order valence-corrected chi connectivity index (χ2v) is 5.08. The Hall–Kier alpha value is -1.45. The van der Waals surface area contributed by atoms with Gasteiger partial charge < -0.3 is 5.32 Å². The molecule has 0 aliphatic heterocycles. The summed E-state index contributed by atoms with van der Waals surface area (Å²) in [6, 6.07) is 6.79. The number of hydrogen-bond acceptors (Lipinski definition) is 2. The normalized spacial score (nSPS) is 12.4. The molecule has 1 heterocycles. The molecule has 2 aromatic rings. The molecule has 1 atom stereocenters. The fraction of sp³-hybridized carbons (Fsp3) is 0.312. The molecule has 1 N–H and O–H groups in total. The molecular weight excluding hydrogens is 275 g/mol. The number of benzene rings is 1. The molecule has 0 aliphatic carbocycles. The highest BCUT2D eigenvalue weighted by molar-refractivity contribution is 6.31. The van der Waals surface area contributed by atoms with Crippen molar-refractivity contribution >= 4 is 11.6 Å². The van der Waals surface area contributed by atoms with E-state index in [1.807, 2.05) is 19.3 Å². The van der Waals surface area contributed by atoms with Crippen LogP contribution in [0.15, 0.2) is 36.7 Å². The zero-order chi connectivity index (χ0) is 14.5. The van der Waals surface area contributed by atoms with Gasteiger partial charge in [-0.15, -0.1) is 0 Å². The first-order chi connectivity index (χ1) is 9.67. The third-order valence-electron chi connectivity index (χ3n) is 3.52. The molecule has 0 saturated heterocycles. The third kappa shape index (κ3) is 3.17. The van der Waals surface area contributed by atoms with E-state index in [0.717, 1.165) is 12.0 Å². The largest absolute Gasteiger partial charge is 0.313 e. The Bertz CT molecular complexity index is 566. The highest BCUT2D eigenvalue weighted by Gasteiger charge is 2.17. The predicted octanol–water partition coefficient (Wildman–Crippen LogP) is 3.94. The van der Waals surface area contributed by atoms with E-state index in [2.05, 4.69) is 17.2 Å². The van der Waals surface area contributed by atoms with Crippen LogP contribution >= 0.6 is 11.6 Å². The summed E-state index contributed by atoms with van der Waals surface area (Å²) in [7, 11) is 1.87. The Morgan fingerprint density at radius 3 is 2.80 bits per heavy atom. The predicted molar refractivity (Wildman–Crippen MR) is 80.5 cm³/mol. The van der Waals surface area contributed by atoms with Crippen LogP contribution in [0.3, 0.4) is 0 Å². The van der Waals surface area contributed by atoms with Crippen molar-refractivity contribution in [3.8, 4) is 0 Å². The van der Waals surface area contributed by atoms with Gasteiger partial charge in [-0.1, -0.05) is 24.6 Å². The Morgan fingerprint density at radius 1 is 1.35 bits per heavy atom. The number of hydrogen-bond donors (Lipinski definition) is 1. The summed E-state index contributed by atoms with van der Waals surface area (Å²) in [5.41, 5.74) is 2.86. The van der Waals surface area contributed by atoms with Crippen LogP contribution in [-0.4, -0.2) is 12.0 Å². The molecule has 1 unspecified atom stereocenters. The molecule has 0 fully saturated rings. The van der Waals surface area contributed by atoms with Gasteiger partial charge in [-0.25, -0.2) is 4.39 Å². The Morgan fingerprint density at radius 2 is 2.15 bits per heavy atom. The van der Waals surface area contributed by atoms with Gasteiger partial charge in [-0.05, 0) is 49.2 Å². The Labute approximate surface area is 124 Å². The molecular formula is C16H18ClFN2. The van der Waals surface area contributed by atoms with Gasteiger partial charge in [-0.3, -0.25) is 4.98 Å². The number of nitrogens with zero attached hydrogens (tertiary/aromatic N) is 1. The van der Waals surface area contributed by atoms with Crippen molar-refractivity contribution in [3.63, 3.8) is 0 Å². The minimum atomic E-state index is -0.259. The summed E-state index contributed by atoms with van der Waals surface area (Å²) in [6.07, 6.45) is 5.04. The molecule has 1 aromatic heterocycles. The molecule has 0 radical (unpaired) electrons. The average Bonchev–Trinajstić information content (AvgIpc) is 2.47. The first-order valence-electron chi connectivity index (χ1n) is 6.70. The van der Waals surface area contributed by atoms with Gasteiger partial charge in [0.25, 0.3) is 0 Å². The van der Waals surface area contributed by atoms with Crippen molar-refractivity contribution in [1.82, 2.24) is 10.3 Å². The van der Waals surface area contributed by atoms with Crippen LogP contribution in [0.5, 0.6) is 0 Å². The van der Waals surface area contributed by atoms with Crippen LogP contribution < -0.4 is 5.32 Å². The van der Waals surface area contributed by atoms with Crippen LogP contribution in [0.1, 0.15) is 29.7 Å². The summed E-state index contributed by atoms with van der Waals surface area (Å²) >= 11 is 6.11. The number of likely N-dealkylation sites (N-methyl/N-ethyl adjacent to an activating group) is 1. The SMILES string of the molecule is CCc1cnccc1C(Cc1c(F)cccc1Cl)NC. The topological polar surface area (TPSA) is 24.9 Å². The van der Waals surface area contributed by atoms with Crippen LogP contribution in [-0.2, 0) is 12.8 Å². The summed E-state index contributed by atoms with van der Waals surface area (Å²) in [5, 5.41) is 3.71. The lowest BCUT2D eigenvalue weighted by Gasteiger charge is -2.20. The third-order valence-corrected chi connectivity index (χ3v) is 3.87. The van der Waals surface area contributed by atoms with Gasteiger partial charge >= 0.3 is 0 Å². The minimum absolute atomic E-state index is 0.0161. The second kappa shape index (κ2) is 6.82. The number of rotatable bonds is 5. The molecule has 2 nitrogen and oxygen atoms in total. The number of pyridine rings is 1. The highest BCUT2D eigenvalue weighted by Crippen LogP contribution is 2.27. The minimum Gasteiger partial charge on any atom is -0.313 e. The molecule has 4 heteroatoms. The molecule has 0 aliphatic rings. The van der Waals surface area contributed by atoms with E-state index in [4.69, 9.17) is 11.6 Å². The van der Waals surface area contributed by atoms with E-state index in [0.29, 0.717) is 17.0 Å². The van der Waals surface area contributed by atoms with E-state index < -0.39 is 0 Å². The lowest BCUT2D eigenvalue weighted by Crippen LogP contribution is -2.21. The maximum atomic E-state index is 13.9. The molecule has 20 heavy (non-hydrogen) atoms. The highest BCUT2D eigenvalue weighted by atomic mass is 35.5. The van der Waals surface area contributed by atoms with Crippen molar-refractivity contribution in [2.24, 2.45) is 0 Å². The van der Waals surface area contributed by atoms with E-state index in [-0.39, 0.29) is 11.9 Å². The number of aryl methyl sites for hydroxylation is 1. The molecule has 1 aromatic carbocycles. The van der Waals surface area contributed by atoms with E-state index >= 15 is 0 Å². The molecule has 2 rings (SSSR count). The monoisotopic (exact) mass is 292 g/mol. The summed E-state index contributed by atoms with van der Waals surface area (Å²) in [5.74, 6) is -0.259. The zero-order valence-electron chi connectivity index (χ0n) is 11.7. The van der Waals surface area contributed by atoms with Crippen molar-refractivity contribution in [2.45, 2.75) is 25.8 Å². The smallest absolute Gasteiger partial charge is 0.127 e. The number of halogens is 2. The summed E-state index contributed by atoms with van der Waals surface area (Å²) < 4.78 is 13.9. The fourth-order valence-electron chi connectivity index (χ4n) is 2.37. The van der Waals surface area contributed by atoms with E-state index in [1.165, 1.54) is 11.6 Å². The Kier molecular flexibility index (Phi) is 5.10. The first-order valence-corrected chi connectivity index (χ1v) is 7.08. The van der Waals surface area contributed by atoms with Gasteiger partial charge in [0.1, 0.15) is 5.82 Å². The number of nitrogens with one attached hydrogen (secondary N) is 1. The van der Waals surface area contributed by atoms with Crippen LogP contribution in [0.25, 0.3) is 0 Å². The molecule has 0 saturated carbocycles. The molecule has 0 bridgehead atoms. The summed E-state index contributed by atoms with van der Waals surface area (Å²) in [4.78, 5) is 4.15. The van der Waals surface area contributed by atoms with Crippen molar-refractivity contribution < 1.29 is 4.39 Å². The van der Waals surface area contributed by atoms with Crippen LogP contribution in [0.4, 0.5) is 4.39 Å². The van der Waals surface area contributed by atoms with Gasteiger partial charge in [0.05, 0.1) is 0 Å². The molecule has 0 spiro atoms. The van der Waals surface area contributed by atoms with Gasteiger partial charge in [-0.2, -0.15) is 0 Å². The van der Waals surface area contributed by atoms with Crippen molar-refractivity contribution in [3.05, 3.63) is 64.2 Å². The molecule has 106 valence electrons. The van der Waals surface area contributed by atoms with E-state index in [1.54, 1.807) is 18.3 Å². The number of aromatic nitrogens is 1. The zero-order valence-corrected chi connectivity index (χ0v) is 12.4. The fourth-order valence-corrected chi connectivity index (χ4v) is 2.61. The van der Waals surface area contributed by atoms with E-state index in [9.17, 15) is 4.39 Å². The quantitative estimate of drug-likeness (QED) is 0.903. The maximum Gasteiger partial charge on any atom is 0.127 e.